The summed E-state index contributed by atoms with van der Waals surface area (Å²) in [7, 11) is 0. The Morgan fingerprint density at radius 1 is 0.946 bits per heavy atom. The van der Waals surface area contributed by atoms with Crippen molar-refractivity contribution < 1.29 is 14.0 Å². The molecule has 5 aromatic rings. The van der Waals surface area contributed by atoms with Crippen LogP contribution in [-0.4, -0.2) is 31.7 Å². The molecule has 5 rings (SSSR count). The van der Waals surface area contributed by atoms with Gasteiger partial charge in [-0.1, -0.05) is 77.5 Å². The molecule has 8 nitrogen and oxygen atoms in total. The lowest BCUT2D eigenvalue weighted by Crippen LogP contribution is -2.44. The van der Waals surface area contributed by atoms with Crippen molar-refractivity contribution >= 4 is 22.8 Å². The number of hydrogen-bond donors (Lipinski definition) is 1. The number of hydrogen-bond acceptors (Lipinski definition) is 5. The zero-order chi connectivity index (χ0) is 25.6. The highest BCUT2D eigenvalue weighted by molar-refractivity contribution is 5.89. The number of rotatable bonds is 9. The third-order valence-electron chi connectivity index (χ3n) is 6.19. The maximum Gasteiger partial charge on any atom is 0.247 e. The number of amides is 2. The van der Waals surface area contributed by atoms with Crippen molar-refractivity contribution in [1.29, 1.82) is 0 Å². The molecule has 0 saturated heterocycles. The van der Waals surface area contributed by atoms with Crippen molar-refractivity contribution in [3.63, 3.8) is 0 Å². The second kappa shape index (κ2) is 10.9. The third kappa shape index (κ3) is 5.59. The van der Waals surface area contributed by atoms with Gasteiger partial charge in [0.1, 0.15) is 23.9 Å². The van der Waals surface area contributed by atoms with Gasteiger partial charge < -0.3 is 14.6 Å². The summed E-state index contributed by atoms with van der Waals surface area (Å²) in [6.07, 6.45) is 1.55. The van der Waals surface area contributed by atoms with Crippen LogP contribution in [0.2, 0.25) is 0 Å². The zero-order valence-corrected chi connectivity index (χ0v) is 20.4. The summed E-state index contributed by atoms with van der Waals surface area (Å²) in [6, 6.07) is 27.4. The number of aryl methyl sites for hydroxylation is 1. The Labute approximate surface area is 214 Å². The van der Waals surface area contributed by atoms with E-state index in [9.17, 15) is 9.59 Å². The van der Waals surface area contributed by atoms with E-state index in [0.29, 0.717) is 23.4 Å². The molecule has 0 bridgehead atoms. The quantitative estimate of drug-likeness (QED) is 0.328. The van der Waals surface area contributed by atoms with Crippen molar-refractivity contribution in [2.75, 3.05) is 0 Å². The summed E-state index contributed by atoms with van der Waals surface area (Å²) in [6.45, 7) is 2.37. The lowest BCUT2D eigenvalue weighted by atomic mass is 10.0. The maximum absolute atomic E-state index is 13.9. The van der Waals surface area contributed by atoms with Gasteiger partial charge in [0, 0.05) is 6.54 Å². The molecule has 1 unspecified atom stereocenters. The second-order valence-electron chi connectivity index (χ2n) is 8.85. The van der Waals surface area contributed by atoms with Crippen LogP contribution in [0, 0.1) is 6.92 Å². The van der Waals surface area contributed by atoms with Crippen LogP contribution in [0.5, 0.6) is 0 Å². The van der Waals surface area contributed by atoms with Gasteiger partial charge in [0.05, 0.1) is 18.3 Å². The molecule has 0 fully saturated rings. The van der Waals surface area contributed by atoms with Crippen LogP contribution in [0.3, 0.4) is 0 Å². The van der Waals surface area contributed by atoms with E-state index in [1.165, 1.54) is 0 Å². The van der Waals surface area contributed by atoms with Crippen molar-refractivity contribution in [1.82, 2.24) is 25.2 Å². The summed E-state index contributed by atoms with van der Waals surface area (Å²) in [4.78, 5) is 29.1. The monoisotopic (exact) mass is 493 g/mol. The van der Waals surface area contributed by atoms with E-state index in [-0.39, 0.29) is 24.9 Å². The van der Waals surface area contributed by atoms with Gasteiger partial charge in [-0.2, -0.15) is 0 Å². The van der Waals surface area contributed by atoms with Crippen LogP contribution in [0.25, 0.3) is 11.0 Å². The Morgan fingerprint density at radius 2 is 1.70 bits per heavy atom. The van der Waals surface area contributed by atoms with Crippen LogP contribution < -0.4 is 5.32 Å². The molecule has 0 saturated carbocycles. The van der Waals surface area contributed by atoms with Crippen LogP contribution in [-0.2, 0) is 29.2 Å². The van der Waals surface area contributed by atoms with E-state index in [1.807, 2.05) is 85.8 Å². The van der Waals surface area contributed by atoms with E-state index in [0.717, 1.165) is 16.6 Å². The Balaban J connectivity index is 1.49. The highest BCUT2D eigenvalue weighted by Gasteiger charge is 2.32. The molecule has 3 aromatic carbocycles. The average molecular weight is 494 g/mol. The summed E-state index contributed by atoms with van der Waals surface area (Å²) in [5, 5.41) is 11.4. The fourth-order valence-corrected chi connectivity index (χ4v) is 4.25. The Bertz CT molecular complexity index is 1480. The first-order valence-corrected chi connectivity index (χ1v) is 12.1. The average Bonchev–Trinajstić information content (AvgIpc) is 3.59. The first-order valence-electron chi connectivity index (χ1n) is 12.1. The standard InChI is InChI=1S/C29H27N5O3/c1-21-13-15-23(16-14-21)28(29(36)30-18-22-8-3-2-4-9-22)33(19-24-10-7-17-37-24)27(35)20-34-26-12-6-5-11-25(26)31-32-34/h2-17,28H,18-20H2,1H3,(H,30,36). The molecule has 1 N–H and O–H groups in total. The lowest BCUT2D eigenvalue weighted by Gasteiger charge is -2.31. The number of nitrogens with zero attached hydrogens (tertiary/aromatic N) is 4. The molecule has 0 aliphatic carbocycles. The normalized spacial score (nSPS) is 11.8. The van der Waals surface area contributed by atoms with Crippen LogP contribution in [0.1, 0.15) is 28.5 Å². The number of aromatic nitrogens is 3. The van der Waals surface area contributed by atoms with Crippen LogP contribution >= 0.6 is 0 Å². The predicted molar refractivity (Wildman–Crippen MR) is 139 cm³/mol. The lowest BCUT2D eigenvalue weighted by molar-refractivity contribution is -0.142. The van der Waals surface area contributed by atoms with E-state index in [4.69, 9.17) is 4.42 Å². The minimum Gasteiger partial charge on any atom is -0.467 e. The summed E-state index contributed by atoms with van der Waals surface area (Å²) in [5.41, 5.74) is 4.18. The number of para-hydroxylation sites is 1. The van der Waals surface area contributed by atoms with Gasteiger partial charge in [-0.3, -0.25) is 9.59 Å². The summed E-state index contributed by atoms with van der Waals surface area (Å²) >= 11 is 0. The Kier molecular flexibility index (Phi) is 7.07. The summed E-state index contributed by atoms with van der Waals surface area (Å²) < 4.78 is 7.13. The largest absolute Gasteiger partial charge is 0.467 e. The second-order valence-corrected chi connectivity index (χ2v) is 8.85. The van der Waals surface area contributed by atoms with Crippen molar-refractivity contribution in [3.8, 4) is 0 Å². The SMILES string of the molecule is Cc1ccc(C(C(=O)NCc2ccccc2)N(Cc2ccco2)C(=O)Cn2nnc3ccccc32)cc1. The van der Waals surface area contributed by atoms with E-state index in [1.54, 1.807) is 28.0 Å². The number of furan rings is 1. The van der Waals surface area contributed by atoms with Gasteiger partial charge in [-0.15, -0.1) is 5.10 Å². The maximum atomic E-state index is 13.9. The smallest absolute Gasteiger partial charge is 0.247 e. The number of carbonyl (C=O) groups excluding carboxylic acids is 2. The molecular formula is C29H27N5O3. The van der Waals surface area contributed by atoms with Gasteiger partial charge in [-0.25, -0.2) is 4.68 Å². The molecule has 0 aliphatic heterocycles. The Morgan fingerprint density at radius 3 is 2.46 bits per heavy atom. The highest BCUT2D eigenvalue weighted by Crippen LogP contribution is 2.25. The van der Waals surface area contributed by atoms with Crippen molar-refractivity contribution in [2.45, 2.75) is 32.6 Å². The first kappa shape index (κ1) is 24.0. The van der Waals surface area contributed by atoms with Gasteiger partial charge in [0.25, 0.3) is 0 Å². The van der Waals surface area contributed by atoms with Crippen LogP contribution in [0.15, 0.2) is 102 Å². The molecule has 2 amide bonds. The van der Waals surface area contributed by atoms with E-state index in [2.05, 4.69) is 15.6 Å². The molecule has 0 spiro atoms. The summed E-state index contributed by atoms with van der Waals surface area (Å²) in [5.74, 6) is 0.00770. The Hall–Kier alpha value is -4.72. The van der Waals surface area contributed by atoms with Gasteiger partial charge in [0.15, 0.2) is 0 Å². The number of nitrogens with one attached hydrogen (secondary N) is 1. The number of fused-ring (bicyclic) bond motifs is 1. The topological polar surface area (TPSA) is 93.3 Å². The molecule has 2 aromatic heterocycles. The minimum atomic E-state index is -0.878. The van der Waals surface area contributed by atoms with Crippen molar-refractivity contribution in [2.24, 2.45) is 0 Å². The fraction of sp³-hybridized carbons (Fsp3) is 0.172. The zero-order valence-electron chi connectivity index (χ0n) is 20.4. The van der Waals surface area contributed by atoms with Crippen molar-refractivity contribution in [3.05, 3.63) is 120 Å². The van der Waals surface area contributed by atoms with Gasteiger partial charge >= 0.3 is 0 Å². The molecule has 0 aliphatic rings. The predicted octanol–water partition coefficient (Wildman–Crippen LogP) is 4.42. The minimum absolute atomic E-state index is 0.0739. The number of benzene rings is 3. The first-order chi connectivity index (χ1) is 18.1. The molecule has 2 heterocycles. The van der Waals surface area contributed by atoms with Crippen LogP contribution in [0.4, 0.5) is 0 Å². The van der Waals surface area contributed by atoms with Gasteiger partial charge in [-0.05, 0) is 42.3 Å². The van der Waals surface area contributed by atoms with E-state index < -0.39 is 6.04 Å². The third-order valence-corrected chi connectivity index (χ3v) is 6.19. The molecule has 8 heteroatoms. The van der Waals surface area contributed by atoms with E-state index >= 15 is 0 Å². The molecule has 0 radical (unpaired) electrons. The molecular weight excluding hydrogens is 466 g/mol. The number of carbonyl (C=O) groups is 2. The molecule has 37 heavy (non-hydrogen) atoms. The molecule has 1 atom stereocenters. The van der Waals surface area contributed by atoms with Gasteiger partial charge in [0.2, 0.25) is 11.8 Å². The fourth-order valence-electron chi connectivity index (χ4n) is 4.25. The molecule has 186 valence electrons. The highest BCUT2D eigenvalue weighted by atomic mass is 16.3.